The maximum atomic E-state index is 12.6. The summed E-state index contributed by atoms with van der Waals surface area (Å²) in [5.41, 5.74) is 1.44. The Labute approximate surface area is 140 Å². The number of fused-ring (bicyclic) bond motifs is 1. The number of furan rings is 1. The van der Waals surface area contributed by atoms with Gasteiger partial charge in [-0.25, -0.2) is 4.98 Å². The maximum Gasteiger partial charge on any atom is 0.255 e. The molecule has 1 saturated carbocycles. The third-order valence-electron chi connectivity index (χ3n) is 4.92. The van der Waals surface area contributed by atoms with Crippen LogP contribution in [-0.4, -0.2) is 22.0 Å². The summed E-state index contributed by atoms with van der Waals surface area (Å²) in [7, 11) is 0. The Kier molecular flexibility index (Phi) is 3.44. The van der Waals surface area contributed by atoms with Crippen molar-refractivity contribution in [2.75, 3.05) is 6.54 Å². The average molecular weight is 323 g/mol. The van der Waals surface area contributed by atoms with Crippen LogP contribution in [0.3, 0.4) is 0 Å². The van der Waals surface area contributed by atoms with Crippen molar-refractivity contribution in [2.24, 2.45) is 5.41 Å². The summed E-state index contributed by atoms with van der Waals surface area (Å²) < 4.78 is 7.86. The van der Waals surface area contributed by atoms with Gasteiger partial charge in [-0.2, -0.15) is 0 Å². The Balaban J connectivity index is 1.47. The highest BCUT2D eigenvalue weighted by molar-refractivity contribution is 6.05. The first-order valence-electron chi connectivity index (χ1n) is 8.31. The smallest absolute Gasteiger partial charge is 0.255 e. The number of para-hydroxylation sites is 1. The van der Waals surface area contributed by atoms with Crippen molar-refractivity contribution in [3.63, 3.8) is 0 Å². The predicted molar refractivity (Wildman–Crippen MR) is 91.9 cm³/mol. The number of aryl methyl sites for hydroxylation is 2. The fourth-order valence-corrected chi connectivity index (χ4v) is 3.23. The largest absolute Gasteiger partial charge is 0.461 e. The number of hydrogen-bond donors (Lipinski definition) is 1. The highest BCUT2D eigenvalue weighted by Gasteiger charge is 2.43. The number of nitrogens with one attached hydrogen (secondary N) is 1. The number of benzene rings is 1. The molecular formula is C19H21N3O2. The summed E-state index contributed by atoms with van der Waals surface area (Å²) in [4.78, 5) is 16.9. The number of carbonyl (C=O) groups is 1. The lowest BCUT2D eigenvalue weighted by Gasteiger charge is -2.17. The van der Waals surface area contributed by atoms with Gasteiger partial charge in [-0.1, -0.05) is 12.1 Å². The molecule has 0 saturated heterocycles. The third kappa shape index (κ3) is 2.70. The topological polar surface area (TPSA) is 60.1 Å². The minimum Gasteiger partial charge on any atom is -0.461 e. The van der Waals surface area contributed by atoms with Crippen molar-refractivity contribution in [1.82, 2.24) is 14.9 Å². The number of aromatic nitrogens is 2. The molecule has 2 aromatic heterocycles. The van der Waals surface area contributed by atoms with Crippen molar-refractivity contribution < 1.29 is 9.21 Å². The van der Waals surface area contributed by atoms with Crippen LogP contribution in [0, 0.1) is 19.3 Å². The minimum atomic E-state index is -0.0661. The molecule has 4 rings (SSSR count). The number of imidazole rings is 1. The van der Waals surface area contributed by atoms with E-state index in [1.54, 1.807) is 0 Å². The molecule has 0 radical (unpaired) electrons. The zero-order chi connectivity index (χ0) is 16.7. The van der Waals surface area contributed by atoms with Gasteiger partial charge >= 0.3 is 0 Å². The normalized spacial score (nSPS) is 15.6. The van der Waals surface area contributed by atoms with Crippen molar-refractivity contribution in [3.05, 3.63) is 53.8 Å². The molecule has 5 heteroatoms. The van der Waals surface area contributed by atoms with Gasteiger partial charge in [-0.15, -0.1) is 0 Å². The quantitative estimate of drug-likeness (QED) is 0.782. The number of carbonyl (C=O) groups excluding carboxylic acids is 1. The SMILES string of the molecule is Cc1cc2cccc(C(=O)NCC3(Cn4ccnc4C)CC3)c2o1. The molecule has 24 heavy (non-hydrogen) atoms. The van der Waals surface area contributed by atoms with Crippen molar-refractivity contribution in [2.45, 2.75) is 33.2 Å². The second-order valence-corrected chi connectivity index (χ2v) is 6.87. The molecule has 0 unspecified atom stereocenters. The molecule has 1 fully saturated rings. The Bertz CT molecular complexity index is 902. The predicted octanol–water partition coefficient (Wildman–Crippen LogP) is 3.46. The minimum absolute atomic E-state index is 0.0661. The van der Waals surface area contributed by atoms with Gasteiger partial charge in [-0.05, 0) is 38.8 Å². The van der Waals surface area contributed by atoms with Crippen LogP contribution >= 0.6 is 0 Å². The van der Waals surface area contributed by atoms with E-state index in [1.807, 2.05) is 50.5 Å². The summed E-state index contributed by atoms with van der Waals surface area (Å²) in [5, 5.41) is 4.07. The summed E-state index contributed by atoms with van der Waals surface area (Å²) in [6, 6.07) is 7.64. The van der Waals surface area contributed by atoms with Crippen molar-refractivity contribution in [3.8, 4) is 0 Å². The van der Waals surface area contributed by atoms with E-state index in [0.29, 0.717) is 17.7 Å². The Hall–Kier alpha value is -2.56. The lowest BCUT2D eigenvalue weighted by Crippen LogP contribution is -2.32. The molecule has 1 aliphatic rings. The van der Waals surface area contributed by atoms with Gasteiger partial charge in [0, 0.05) is 36.3 Å². The van der Waals surface area contributed by atoms with Gasteiger partial charge in [0.05, 0.1) is 5.56 Å². The monoisotopic (exact) mass is 323 g/mol. The van der Waals surface area contributed by atoms with Crippen LogP contribution in [0.2, 0.25) is 0 Å². The summed E-state index contributed by atoms with van der Waals surface area (Å²) in [6.45, 7) is 5.49. The van der Waals surface area contributed by atoms with Crippen LogP contribution < -0.4 is 5.32 Å². The molecule has 0 bridgehead atoms. The number of hydrogen-bond acceptors (Lipinski definition) is 3. The van der Waals surface area contributed by atoms with Crippen molar-refractivity contribution in [1.29, 1.82) is 0 Å². The highest BCUT2D eigenvalue weighted by atomic mass is 16.3. The molecule has 1 aliphatic carbocycles. The fraction of sp³-hybridized carbons (Fsp3) is 0.368. The molecule has 1 N–H and O–H groups in total. The van der Waals surface area contributed by atoms with Gasteiger partial charge in [-0.3, -0.25) is 4.79 Å². The summed E-state index contributed by atoms with van der Waals surface area (Å²) in [6.07, 6.45) is 6.09. The van der Waals surface area contributed by atoms with Crippen LogP contribution in [-0.2, 0) is 6.54 Å². The van der Waals surface area contributed by atoms with Crippen LogP contribution in [0.5, 0.6) is 0 Å². The van der Waals surface area contributed by atoms with E-state index in [9.17, 15) is 4.79 Å². The van der Waals surface area contributed by atoms with E-state index in [-0.39, 0.29) is 11.3 Å². The number of amides is 1. The zero-order valence-corrected chi connectivity index (χ0v) is 14.0. The first-order chi connectivity index (χ1) is 11.6. The molecule has 1 amide bonds. The van der Waals surface area contributed by atoms with Gasteiger partial charge < -0.3 is 14.3 Å². The first kappa shape index (κ1) is 15.0. The number of rotatable bonds is 5. The lowest BCUT2D eigenvalue weighted by molar-refractivity contribution is 0.0943. The fourth-order valence-electron chi connectivity index (χ4n) is 3.23. The van der Waals surface area contributed by atoms with Gasteiger partial charge in [0.1, 0.15) is 17.2 Å². The van der Waals surface area contributed by atoms with Gasteiger partial charge in [0.15, 0.2) is 0 Å². The van der Waals surface area contributed by atoms with Crippen molar-refractivity contribution >= 4 is 16.9 Å². The lowest BCUT2D eigenvalue weighted by atomic mass is 10.1. The molecule has 124 valence electrons. The molecule has 0 spiro atoms. The summed E-state index contributed by atoms with van der Waals surface area (Å²) in [5.74, 6) is 1.77. The third-order valence-corrected chi connectivity index (χ3v) is 4.92. The van der Waals surface area contributed by atoms with Crippen LogP contribution in [0.1, 0.15) is 34.8 Å². The second-order valence-electron chi connectivity index (χ2n) is 6.87. The van der Waals surface area contributed by atoms with Crippen LogP contribution in [0.15, 0.2) is 41.1 Å². The molecular weight excluding hydrogens is 302 g/mol. The summed E-state index contributed by atoms with van der Waals surface area (Å²) >= 11 is 0. The molecule has 5 nitrogen and oxygen atoms in total. The van der Waals surface area contributed by atoms with E-state index in [0.717, 1.165) is 36.4 Å². The maximum absolute atomic E-state index is 12.6. The Morgan fingerprint density at radius 2 is 2.21 bits per heavy atom. The van der Waals surface area contributed by atoms with E-state index < -0.39 is 0 Å². The van der Waals surface area contributed by atoms with Crippen LogP contribution in [0.25, 0.3) is 11.0 Å². The van der Waals surface area contributed by atoms with Gasteiger partial charge in [0.25, 0.3) is 5.91 Å². The molecule has 1 aromatic carbocycles. The second kappa shape index (κ2) is 5.51. The average Bonchev–Trinajstić information content (AvgIpc) is 3.04. The van der Waals surface area contributed by atoms with Gasteiger partial charge in [0.2, 0.25) is 0 Å². The molecule has 2 heterocycles. The zero-order valence-electron chi connectivity index (χ0n) is 14.0. The molecule has 0 aliphatic heterocycles. The van der Waals surface area contributed by atoms with E-state index in [4.69, 9.17) is 4.42 Å². The first-order valence-corrected chi connectivity index (χ1v) is 8.31. The Morgan fingerprint density at radius 3 is 2.92 bits per heavy atom. The van der Waals surface area contributed by atoms with E-state index in [1.165, 1.54) is 0 Å². The van der Waals surface area contributed by atoms with E-state index in [2.05, 4.69) is 14.9 Å². The molecule has 3 aromatic rings. The standard InChI is InChI=1S/C19H21N3O2/c1-13-10-15-4-3-5-16(17(15)24-13)18(23)21-11-19(6-7-19)12-22-9-8-20-14(22)2/h3-5,8-10H,6-7,11-12H2,1-2H3,(H,21,23). The Morgan fingerprint density at radius 1 is 1.38 bits per heavy atom. The molecule has 0 atom stereocenters. The van der Waals surface area contributed by atoms with E-state index >= 15 is 0 Å². The van der Waals surface area contributed by atoms with Crippen LogP contribution in [0.4, 0.5) is 0 Å². The number of nitrogens with zero attached hydrogens (tertiary/aromatic N) is 2. The highest BCUT2D eigenvalue weighted by Crippen LogP contribution is 2.46.